The highest BCUT2D eigenvalue weighted by Gasteiger charge is 2.27. The second-order valence-corrected chi connectivity index (χ2v) is 4.61. The van der Waals surface area contributed by atoms with E-state index in [2.05, 4.69) is 0 Å². The van der Waals surface area contributed by atoms with Gasteiger partial charge in [-0.15, -0.1) is 0 Å². The molecule has 4 N–H and O–H groups in total. The van der Waals surface area contributed by atoms with E-state index in [9.17, 15) is 14.9 Å². The first-order valence-electron chi connectivity index (χ1n) is 6.13. The van der Waals surface area contributed by atoms with Crippen molar-refractivity contribution in [1.29, 1.82) is 0 Å². The molecular formula is C12H16N4O4. The Morgan fingerprint density at radius 1 is 1.55 bits per heavy atom. The molecule has 2 rings (SSSR count). The number of amides is 1. The number of nitro benzene ring substituents is 1. The number of nitrogens with zero attached hydrogens (tertiary/aromatic N) is 2. The van der Waals surface area contributed by atoms with Gasteiger partial charge in [-0.2, -0.15) is 0 Å². The molecule has 1 fully saturated rings. The second-order valence-electron chi connectivity index (χ2n) is 4.61. The van der Waals surface area contributed by atoms with Crippen LogP contribution in [-0.2, 0) is 16.1 Å². The van der Waals surface area contributed by atoms with Crippen molar-refractivity contribution in [1.82, 2.24) is 4.90 Å². The molecule has 1 aliphatic heterocycles. The number of nitro groups is 1. The summed E-state index contributed by atoms with van der Waals surface area (Å²) in [6.45, 7) is 1.80. The van der Waals surface area contributed by atoms with Crippen molar-refractivity contribution in [3.8, 4) is 0 Å². The largest absolute Gasteiger partial charge is 0.393 e. The predicted molar refractivity (Wildman–Crippen MR) is 71.7 cm³/mol. The normalized spacial score (nSPS) is 19.7. The molecule has 8 nitrogen and oxygen atoms in total. The molecule has 0 bridgehead atoms. The summed E-state index contributed by atoms with van der Waals surface area (Å²) in [7, 11) is 0. The Kier molecular flexibility index (Phi) is 4.16. The standard InChI is InChI=1S/C12H16N4O4/c13-9-5-8(1-2-10(9)16(18)19)6-15-3-4-20-7-11(15)12(14)17/h1-2,5,11H,3-4,6-7,13H2,(H2,14,17). The van der Waals surface area contributed by atoms with Crippen LogP contribution in [0.1, 0.15) is 5.56 Å². The van der Waals surface area contributed by atoms with E-state index < -0.39 is 16.9 Å². The van der Waals surface area contributed by atoms with Gasteiger partial charge in [0.25, 0.3) is 5.69 Å². The van der Waals surface area contributed by atoms with Gasteiger partial charge in [-0.25, -0.2) is 0 Å². The number of ether oxygens (including phenoxy) is 1. The highest BCUT2D eigenvalue weighted by atomic mass is 16.6. The molecule has 1 heterocycles. The Morgan fingerprint density at radius 3 is 2.90 bits per heavy atom. The van der Waals surface area contributed by atoms with Crippen LogP contribution in [0.5, 0.6) is 0 Å². The van der Waals surface area contributed by atoms with Gasteiger partial charge in [0, 0.05) is 19.2 Å². The van der Waals surface area contributed by atoms with Crippen LogP contribution in [0.2, 0.25) is 0 Å². The van der Waals surface area contributed by atoms with Crippen LogP contribution in [0.4, 0.5) is 11.4 Å². The fraction of sp³-hybridized carbons (Fsp3) is 0.417. The summed E-state index contributed by atoms with van der Waals surface area (Å²) in [4.78, 5) is 23.4. The van der Waals surface area contributed by atoms with E-state index in [0.29, 0.717) is 19.7 Å². The Bertz CT molecular complexity index is 534. The van der Waals surface area contributed by atoms with Gasteiger partial charge >= 0.3 is 0 Å². The van der Waals surface area contributed by atoms with Gasteiger partial charge in [0.2, 0.25) is 5.91 Å². The van der Waals surface area contributed by atoms with Gasteiger partial charge in [-0.3, -0.25) is 19.8 Å². The lowest BCUT2D eigenvalue weighted by Crippen LogP contribution is -2.51. The zero-order valence-electron chi connectivity index (χ0n) is 10.8. The monoisotopic (exact) mass is 280 g/mol. The molecule has 8 heteroatoms. The third-order valence-corrected chi connectivity index (χ3v) is 3.24. The SMILES string of the molecule is NC(=O)C1COCCN1Cc1ccc([N+](=O)[O-])c(N)c1. The van der Waals surface area contributed by atoms with Gasteiger partial charge in [0.05, 0.1) is 18.1 Å². The first-order valence-corrected chi connectivity index (χ1v) is 6.13. The van der Waals surface area contributed by atoms with E-state index in [-0.39, 0.29) is 18.0 Å². The fourth-order valence-electron chi connectivity index (χ4n) is 2.19. The number of nitrogen functional groups attached to an aromatic ring is 1. The van der Waals surface area contributed by atoms with Crippen molar-refractivity contribution >= 4 is 17.3 Å². The highest BCUT2D eigenvalue weighted by Crippen LogP contribution is 2.23. The number of nitrogens with two attached hydrogens (primary N) is 2. The molecule has 1 amide bonds. The third-order valence-electron chi connectivity index (χ3n) is 3.24. The van der Waals surface area contributed by atoms with Crippen LogP contribution >= 0.6 is 0 Å². The fourth-order valence-corrected chi connectivity index (χ4v) is 2.19. The van der Waals surface area contributed by atoms with Crippen LogP contribution in [0, 0.1) is 10.1 Å². The molecule has 0 saturated carbocycles. The molecular weight excluding hydrogens is 264 g/mol. The molecule has 1 aromatic rings. The molecule has 0 aromatic heterocycles. The molecule has 0 spiro atoms. The van der Waals surface area contributed by atoms with E-state index >= 15 is 0 Å². The van der Waals surface area contributed by atoms with Gasteiger partial charge in [-0.05, 0) is 11.6 Å². The van der Waals surface area contributed by atoms with Crippen LogP contribution in [0.25, 0.3) is 0 Å². The summed E-state index contributed by atoms with van der Waals surface area (Å²) >= 11 is 0. The maximum Gasteiger partial charge on any atom is 0.292 e. The number of morpholine rings is 1. The number of hydrogen-bond donors (Lipinski definition) is 2. The predicted octanol–water partition coefficient (Wildman–Crippen LogP) is -0.137. The minimum atomic E-state index is -0.528. The summed E-state index contributed by atoms with van der Waals surface area (Å²) in [6, 6.07) is 4.05. The average molecular weight is 280 g/mol. The van der Waals surface area contributed by atoms with Crippen LogP contribution < -0.4 is 11.5 Å². The Labute approximate surface area is 115 Å². The Hall–Kier alpha value is -2.19. The van der Waals surface area contributed by atoms with Crippen LogP contribution in [0.3, 0.4) is 0 Å². The van der Waals surface area contributed by atoms with Crippen molar-refractivity contribution in [2.75, 3.05) is 25.5 Å². The maximum absolute atomic E-state index is 11.4. The number of anilines is 1. The van der Waals surface area contributed by atoms with Crippen LogP contribution in [0.15, 0.2) is 18.2 Å². The first kappa shape index (κ1) is 14.2. The summed E-state index contributed by atoms with van der Waals surface area (Å²) in [6.07, 6.45) is 0. The number of carbonyl (C=O) groups is 1. The molecule has 0 radical (unpaired) electrons. The van der Waals surface area contributed by atoms with Crippen molar-refractivity contribution in [3.05, 3.63) is 33.9 Å². The summed E-state index contributed by atoms with van der Waals surface area (Å²) in [5.41, 5.74) is 11.8. The Balaban J connectivity index is 2.14. The number of primary amides is 1. The van der Waals surface area contributed by atoms with Crippen molar-refractivity contribution in [3.63, 3.8) is 0 Å². The van der Waals surface area contributed by atoms with E-state index in [1.54, 1.807) is 12.1 Å². The summed E-state index contributed by atoms with van der Waals surface area (Å²) < 4.78 is 5.23. The van der Waals surface area contributed by atoms with E-state index in [1.165, 1.54) is 6.07 Å². The van der Waals surface area contributed by atoms with Crippen molar-refractivity contribution in [2.24, 2.45) is 5.73 Å². The second kappa shape index (κ2) is 5.85. The van der Waals surface area contributed by atoms with E-state index in [0.717, 1.165) is 5.56 Å². The summed E-state index contributed by atoms with van der Waals surface area (Å²) in [5.74, 6) is -0.445. The minimum absolute atomic E-state index is 0.108. The molecule has 1 atom stereocenters. The van der Waals surface area contributed by atoms with Gasteiger partial charge < -0.3 is 16.2 Å². The zero-order chi connectivity index (χ0) is 14.7. The number of rotatable bonds is 4. The molecule has 1 aliphatic rings. The van der Waals surface area contributed by atoms with Crippen molar-refractivity contribution < 1.29 is 14.5 Å². The molecule has 1 saturated heterocycles. The minimum Gasteiger partial charge on any atom is -0.393 e. The van der Waals surface area contributed by atoms with E-state index in [4.69, 9.17) is 16.2 Å². The smallest absolute Gasteiger partial charge is 0.292 e. The van der Waals surface area contributed by atoms with Gasteiger partial charge in [-0.1, -0.05) is 6.07 Å². The van der Waals surface area contributed by atoms with Crippen LogP contribution in [-0.4, -0.2) is 41.5 Å². The molecule has 0 aliphatic carbocycles. The van der Waals surface area contributed by atoms with E-state index in [1.807, 2.05) is 4.90 Å². The quantitative estimate of drug-likeness (QED) is 0.449. The summed E-state index contributed by atoms with van der Waals surface area (Å²) in [5, 5.41) is 10.7. The zero-order valence-corrected chi connectivity index (χ0v) is 10.8. The lowest BCUT2D eigenvalue weighted by molar-refractivity contribution is -0.383. The average Bonchev–Trinajstić information content (AvgIpc) is 2.38. The number of hydrogen-bond acceptors (Lipinski definition) is 6. The van der Waals surface area contributed by atoms with Gasteiger partial charge in [0.15, 0.2) is 0 Å². The lowest BCUT2D eigenvalue weighted by atomic mass is 10.1. The molecule has 20 heavy (non-hydrogen) atoms. The number of benzene rings is 1. The topological polar surface area (TPSA) is 125 Å². The molecule has 1 aromatic carbocycles. The first-order chi connectivity index (χ1) is 9.49. The maximum atomic E-state index is 11.4. The lowest BCUT2D eigenvalue weighted by Gasteiger charge is -2.33. The molecule has 1 unspecified atom stereocenters. The van der Waals surface area contributed by atoms with Gasteiger partial charge in [0.1, 0.15) is 11.7 Å². The number of carbonyl (C=O) groups excluding carboxylic acids is 1. The highest BCUT2D eigenvalue weighted by molar-refractivity contribution is 5.80. The third kappa shape index (κ3) is 3.03. The molecule has 108 valence electrons. The van der Waals surface area contributed by atoms with Crippen molar-refractivity contribution in [2.45, 2.75) is 12.6 Å². The Morgan fingerprint density at radius 2 is 2.30 bits per heavy atom.